The summed E-state index contributed by atoms with van der Waals surface area (Å²) in [5.41, 5.74) is 2.88. The second-order valence-corrected chi connectivity index (χ2v) is 5.10. The molecule has 0 spiro atoms. The average molecular weight is 316 g/mol. The molecule has 5 nitrogen and oxygen atoms in total. The summed E-state index contributed by atoms with van der Waals surface area (Å²) in [6.07, 6.45) is 1.61. The van der Waals surface area contributed by atoms with Gasteiger partial charge < -0.3 is 0 Å². The van der Waals surface area contributed by atoms with E-state index in [4.69, 9.17) is 16.4 Å². The predicted octanol–water partition coefficient (Wildman–Crippen LogP) is 3.29. The number of hydroxylamine groups is 2. The van der Waals surface area contributed by atoms with E-state index in [1.165, 1.54) is 12.2 Å². The van der Waals surface area contributed by atoms with E-state index in [9.17, 15) is 4.79 Å². The number of hydrogen-bond donors (Lipinski definition) is 0. The zero-order valence-corrected chi connectivity index (χ0v) is 12.9. The Morgan fingerprint density at radius 2 is 1.95 bits per heavy atom. The van der Waals surface area contributed by atoms with Gasteiger partial charge in [0.25, 0.3) is 5.91 Å². The number of carbonyl (C=O) groups excluding carboxylic acids is 1. The van der Waals surface area contributed by atoms with E-state index in [1.54, 1.807) is 25.5 Å². The van der Waals surface area contributed by atoms with E-state index in [2.05, 4.69) is 4.98 Å². The van der Waals surface area contributed by atoms with Crippen LogP contribution in [0.1, 0.15) is 10.4 Å². The molecule has 0 radical (unpaired) electrons. The van der Waals surface area contributed by atoms with Crippen LogP contribution in [0, 0.1) is 0 Å². The maximum Gasteiger partial charge on any atom is 0.279 e. The third kappa shape index (κ3) is 2.34. The molecule has 0 bridgehead atoms. The van der Waals surface area contributed by atoms with Crippen molar-refractivity contribution < 1.29 is 9.63 Å². The van der Waals surface area contributed by atoms with Crippen molar-refractivity contribution in [2.24, 2.45) is 0 Å². The van der Waals surface area contributed by atoms with Crippen LogP contribution in [0.5, 0.6) is 0 Å². The molecular formula is C16H14ClN3O2. The van der Waals surface area contributed by atoms with Gasteiger partial charge in [-0.05, 0) is 17.7 Å². The van der Waals surface area contributed by atoms with Crippen molar-refractivity contribution in [1.29, 1.82) is 0 Å². The molecule has 0 aliphatic carbocycles. The lowest BCUT2D eigenvalue weighted by atomic mass is 10.0. The number of amides is 1. The molecule has 0 fully saturated rings. The number of fused-ring (bicyclic) bond motifs is 1. The van der Waals surface area contributed by atoms with Crippen LogP contribution in [-0.4, -0.2) is 34.5 Å². The molecule has 0 unspecified atom stereocenters. The molecule has 0 saturated carbocycles. The largest absolute Gasteiger partial charge is 0.296 e. The van der Waals surface area contributed by atoms with Crippen molar-refractivity contribution in [3.63, 3.8) is 0 Å². The van der Waals surface area contributed by atoms with Crippen LogP contribution in [0.25, 0.3) is 16.8 Å². The number of aromatic nitrogens is 2. The number of benzene rings is 1. The van der Waals surface area contributed by atoms with Gasteiger partial charge in [0.05, 0.1) is 23.9 Å². The number of pyridine rings is 1. The van der Waals surface area contributed by atoms with Gasteiger partial charge in [0.1, 0.15) is 6.33 Å². The number of nitrogens with zero attached hydrogens (tertiary/aromatic N) is 3. The van der Waals surface area contributed by atoms with Gasteiger partial charge in [-0.25, -0.2) is 10.0 Å². The van der Waals surface area contributed by atoms with Crippen molar-refractivity contribution in [3.05, 3.63) is 59.5 Å². The third-order valence-electron chi connectivity index (χ3n) is 3.50. The molecule has 3 aromatic rings. The monoisotopic (exact) mass is 315 g/mol. The Hall–Kier alpha value is -2.37. The Bertz CT molecular complexity index is 830. The molecule has 0 aliphatic rings. The van der Waals surface area contributed by atoms with E-state index in [0.29, 0.717) is 10.7 Å². The van der Waals surface area contributed by atoms with Gasteiger partial charge in [0, 0.05) is 7.05 Å². The van der Waals surface area contributed by atoms with E-state index < -0.39 is 0 Å². The van der Waals surface area contributed by atoms with Crippen molar-refractivity contribution in [3.8, 4) is 11.3 Å². The Balaban J connectivity index is 2.31. The van der Waals surface area contributed by atoms with Gasteiger partial charge in [-0.15, -0.1) is 0 Å². The first-order valence-corrected chi connectivity index (χ1v) is 7.04. The highest BCUT2D eigenvalue weighted by Gasteiger charge is 2.20. The average Bonchev–Trinajstić information content (AvgIpc) is 2.94. The summed E-state index contributed by atoms with van der Waals surface area (Å²) in [6, 6.07) is 13.1. The minimum atomic E-state index is -0.243. The topological polar surface area (TPSA) is 46.8 Å². The molecule has 22 heavy (non-hydrogen) atoms. The van der Waals surface area contributed by atoms with E-state index in [0.717, 1.165) is 16.8 Å². The molecule has 0 saturated heterocycles. The molecule has 6 heteroatoms. The zero-order valence-electron chi connectivity index (χ0n) is 12.2. The number of imidazole rings is 1. The summed E-state index contributed by atoms with van der Waals surface area (Å²) in [4.78, 5) is 21.7. The summed E-state index contributed by atoms with van der Waals surface area (Å²) in [7, 11) is 3.02. The molecule has 2 aromatic heterocycles. The normalized spacial score (nSPS) is 10.9. The quantitative estimate of drug-likeness (QED) is 0.697. The molecule has 0 N–H and O–H groups in total. The Labute approximate surface area is 132 Å². The van der Waals surface area contributed by atoms with Crippen LogP contribution < -0.4 is 0 Å². The fourth-order valence-corrected chi connectivity index (χ4v) is 2.55. The highest BCUT2D eigenvalue weighted by Crippen LogP contribution is 2.28. The summed E-state index contributed by atoms with van der Waals surface area (Å²) in [5, 5.41) is 1.59. The zero-order chi connectivity index (χ0) is 15.7. The van der Waals surface area contributed by atoms with E-state index in [-0.39, 0.29) is 5.91 Å². The standard InChI is InChI=1S/C16H14ClN3O2/c1-19(22-2)16(21)12-8-9-13-15(17)18-10-20(13)14(12)11-6-4-3-5-7-11/h3-10H,1-2H3. The van der Waals surface area contributed by atoms with Crippen molar-refractivity contribution in [2.75, 3.05) is 14.2 Å². The lowest BCUT2D eigenvalue weighted by molar-refractivity contribution is -0.0756. The van der Waals surface area contributed by atoms with Gasteiger partial charge in [-0.3, -0.25) is 14.0 Å². The molecule has 2 heterocycles. The first-order valence-electron chi connectivity index (χ1n) is 6.66. The fraction of sp³-hybridized carbons (Fsp3) is 0.125. The Kier molecular flexibility index (Phi) is 3.83. The summed E-state index contributed by atoms with van der Waals surface area (Å²) in [5.74, 6) is -0.243. The molecule has 3 rings (SSSR count). The van der Waals surface area contributed by atoms with Gasteiger partial charge in [-0.1, -0.05) is 41.9 Å². The highest BCUT2D eigenvalue weighted by atomic mass is 35.5. The number of carbonyl (C=O) groups is 1. The summed E-state index contributed by atoms with van der Waals surface area (Å²) >= 11 is 6.10. The predicted molar refractivity (Wildman–Crippen MR) is 84.7 cm³/mol. The minimum absolute atomic E-state index is 0.243. The lowest BCUT2D eigenvalue weighted by Crippen LogP contribution is -2.26. The van der Waals surface area contributed by atoms with Gasteiger partial charge in [-0.2, -0.15) is 0 Å². The summed E-state index contributed by atoms with van der Waals surface area (Å²) in [6.45, 7) is 0. The first kappa shape index (κ1) is 14.6. The van der Waals surface area contributed by atoms with E-state index in [1.807, 2.05) is 34.7 Å². The maximum absolute atomic E-state index is 12.6. The Morgan fingerprint density at radius 1 is 1.23 bits per heavy atom. The maximum atomic E-state index is 12.6. The van der Waals surface area contributed by atoms with Crippen LogP contribution >= 0.6 is 11.6 Å². The van der Waals surface area contributed by atoms with Crippen LogP contribution in [0.4, 0.5) is 0 Å². The van der Waals surface area contributed by atoms with Gasteiger partial charge in [0.2, 0.25) is 0 Å². The van der Waals surface area contributed by atoms with Crippen LogP contribution in [0.15, 0.2) is 48.8 Å². The number of hydrogen-bond acceptors (Lipinski definition) is 3. The highest BCUT2D eigenvalue weighted by molar-refractivity contribution is 6.32. The Morgan fingerprint density at radius 3 is 2.64 bits per heavy atom. The van der Waals surface area contributed by atoms with Crippen LogP contribution in [-0.2, 0) is 4.84 Å². The smallest absolute Gasteiger partial charge is 0.279 e. The lowest BCUT2D eigenvalue weighted by Gasteiger charge is -2.17. The van der Waals surface area contributed by atoms with Crippen molar-refractivity contribution >= 4 is 23.0 Å². The van der Waals surface area contributed by atoms with Crippen LogP contribution in [0.2, 0.25) is 5.15 Å². The number of rotatable bonds is 3. The van der Waals surface area contributed by atoms with E-state index >= 15 is 0 Å². The van der Waals surface area contributed by atoms with Crippen LogP contribution in [0.3, 0.4) is 0 Å². The second kappa shape index (κ2) is 5.79. The first-order chi connectivity index (χ1) is 10.6. The summed E-state index contributed by atoms with van der Waals surface area (Å²) < 4.78 is 1.81. The molecule has 1 aromatic carbocycles. The van der Waals surface area contributed by atoms with Crippen molar-refractivity contribution in [2.45, 2.75) is 0 Å². The minimum Gasteiger partial charge on any atom is -0.296 e. The fourth-order valence-electron chi connectivity index (χ4n) is 2.35. The SMILES string of the molecule is CON(C)C(=O)c1ccc2c(Cl)ncn2c1-c1ccccc1. The molecule has 0 atom stereocenters. The molecule has 1 amide bonds. The van der Waals surface area contributed by atoms with Crippen molar-refractivity contribution in [1.82, 2.24) is 14.4 Å². The third-order valence-corrected chi connectivity index (χ3v) is 3.79. The molecule has 0 aliphatic heterocycles. The number of halogens is 1. The molecular weight excluding hydrogens is 302 g/mol. The van der Waals surface area contributed by atoms with Gasteiger partial charge >= 0.3 is 0 Å². The van der Waals surface area contributed by atoms with Gasteiger partial charge in [0.15, 0.2) is 5.15 Å². The molecule has 112 valence electrons. The second-order valence-electron chi connectivity index (χ2n) is 4.74.